The Morgan fingerprint density at radius 3 is 2.33 bits per heavy atom. The maximum atomic E-state index is 11.3. The molecule has 3 heteroatoms. The van der Waals surface area contributed by atoms with Gasteiger partial charge in [-0.3, -0.25) is 4.79 Å². The summed E-state index contributed by atoms with van der Waals surface area (Å²) in [5.74, 6) is 0.0838. The van der Waals surface area contributed by atoms with E-state index in [-0.39, 0.29) is 17.4 Å². The molecule has 0 saturated heterocycles. The Morgan fingerprint density at radius 2 is 2.00 bits per heavy atom. The summed E-state index contributed by atoms with van der Waals surface area (Å²) in [4.78, 5) is 11.3. The largest absolute Gasteiger partial charge is 0.352 e. The van der Waals surface area contributed by atoms with Gasteiger partial charge in [0.25, 0.3) is 0 Å². The van der Waals surface area contributed by atoms with Gasteiger partial charge in [0.1, 0.15) is 0 Å². The minimum atomic E-state index is 0.0540. The lowest BCUT2D eigenvalue weighted by Gasteiger charge is -2.19. The van der Waals surface area contributed by atoms with Gasteiger partial charge in [0.15, 0.2) is 0 Å². The Bertz CT molecular complexity index is 149. The third-order valence-corrected chi connectivity index (χ3v) is 1.45. The molecule has 0 rings (SSSR count). The molecule has 0 aliphatic heterocycles. The van der Waals surface area contributed by atoms with Crippen molar-refractivity contribution in [2.45, 2.75) is 40.2 Å². The first-order valence-corrected chi connectivity index (χ1v) is 4.34. The number of nitrogens with one attached hydrogen (secondary N) is 1. The minimum absolute atomic E-state index is 0.0540. The first-order chi connectivity index (χ1) is 5.35. The van der Waals surface area contributed by atoms with Crippen molar-refractivity contribution >= 4 is 5.91 Å². The van der Waals surface area contributed by atoms with Crippen molar-refractivity contribution in [2.24, 2.45) is 11.1 Å². The number of amides is 1. The Labute approximate surface area is 74.7 Å². The predicted octanol–water partition coefficient (Wildman–Crippen LogP) is 0.886. The smallest absolute Gasteiger partial charge is 0.220 e. The molecule has 1 amide bonds. The summed E-state index contributed by atoms with van der Waals surface area (Å²) in [7, 11) is 0. The highest BCUT2D eigenvalue weighted by atomic mass is 16.1. The molecule has 0 aliphatic rings. The molecule has 0 aromatic heterocycles. The Kier molecular flexibility index (Phi) is 4.24. The lowest BCUT2D eigenvalue weighted by Crippen LogP contribution is -2.39. The maximum Gasteiger partial charge on any atom is 0.220 e. The molecule has 3 N–H and O–H groups in total. The molecular weight excluding hydrogens is 152 g/mol. The highest BCUT2D eigenvalue weighted by Gasteiger charge is 2.16. The van der Waals surface area contributed by atoms with Gasteiger partial charge in [0.2, 0.25) is 5.91 Å². The molecule has 0 saturated carbocycles. The number of nitrogens with two attached hydrogens (primary N) is 1. The highest BCUT2D eigenvalue weighted by molar-refractivity contribution is 5.76. The van der Waals surface area contributed by atoms with Gasteiger partial charge < -0.3 is 11.1 Å². The Hall–Kier alpha value is -0.570. The first-order valence-electron chi connectivity index (χ1n) is 4.34. The fraction of sp³-hybridized carbons (Fsp3) is 0.889. The summed E-state index contributed by atoms with van der Waals surface area (Å²) in [6, 6.07) is 0.0832. The maximum absolute atomic E-state index is 11.3. The van der Waals surface area contributed by atoms with Crippen LogP contribution in [0.5, 0.6) is 0 Å². The standard InChI is InChI=1S/C9H20N2O/c1-7(6-10)11-8(12)5-9(2,3)4/h7H,5-6,10H2,1-4H3,(H,11,12). The number of hydrogen-bond acceptors (Lipinski definition) is 2. The Morgan fingerprint density at radius 1 is 1.50 bits per heavy atom. The van der Waals surface area contributed by atoms with E-state index < -0.39 is 0 Å². The summed E-state index contributed by atoms with van der Waals surface area (Å²) in [5, 5.41) is 2.82. The highest BCUT2D eigenvalue weighted by Crippen LogP contribution is 2.17. The monoisotopic (exact) mass is 172 g/mol. The minimum Gasteiger partial charge on any atom is -0.352 e. The van der Waals surface area contributed by atoms with Gasteiger partial charge in [-0.2, -0.15) is 0 Å². The van der Waals surface area contributed by atoms with Crippen LogP contribution >= 0.6 is 0 Å². The first kappa shape index (κ1) is 11.4. The van der Waals surface area contributed by atoms with Crippen LogP contribution in [-0.4, -0.2) is 18.5 Å². The molecule has 0 spiro atoms. The summed E-state index contributed by atoms with van der Waals surface area (Å²) in [6.07, 6.45) is 0.553. The van der Waals surface area contributed by atoms with Crippen LogP contribution in [0, 0.1) is 5.41 Å². The van der Waals surface area contributed by atoms with E-state index in [1.165, 1.54) is 0 Å². The van der Waals surface area contributed by atoms with Crippen LogP contribution in [0.3, 0.4) is 0 Å². The predicted molar refractivity (Wildman–Crippen MR) is 50.7 cm³/mol. The summed E-state index contributed by atoms with van der Waals surface area (Å²) >= 11 is 0. The van der Waals surface area contributed by atoms with Crippen molar-refractivity contribution in [2.75, 3.05) is 6.54 Å². The van der Waals surface area contributed by atoms with Gasteiger partial charge in [-0.25, -0.2) is 0 Å². The molecule has 3 nitrogen and oxygen atoms in total. The third-order valence-electron chi connectivity index (χ3n) is 1.45. The van der Waals surface area contributed by atoms with Crippen molar-refractivity contribution in [1.29, 1.82) is 0 Å². The molecular formula is C9H20N2O. The molecule has 0 fully saturated rings. The van der Waals surface area contributed by atoms with Gasteiger partial charge in [0.05, 0.1) is 0 Å². The zero-order chi connectivity index (χ0) is 9.78. The van der Waals surface area contributed by atoms with Crippen LogP contribution in [0.25, 0.3) is 0 Å². The van der Waals surface area contributed by atoms with Crippen LogP contribution in [0.2, 0.25) is 0 Å². The molecule has 0 aromatic rings. The fourth-order valence-corrected chi connectivity index (χ4v) is 0.866. The molecule has 0 aliphatic carbocycles. The van der Waals surface area contributed by atoms with E-state index in [9.17, 15) is 4.79 Å². The van der Waals surface area contributed by atoms with Crippen molar-refractivity contribution in [3.8, 4) is 0 Å². The van der Waals surface area contributed by atoms with Crippen molar-refractivity contribution in [3.05, 3.63) is 0 Å². The normalized spacial score (nSPS) is 14.1. The van der Waals surface area contributed by atoms with Gasteiger partial charge >= 0.3 is 0 Å². The van der Waals surface area contributed by atoms with Crippen molar-refractivity contribution in [3.63, 3.8) is 0 Å². The zero-order valence-corrected chi connectivity index (χ0v) is 8.48. The van der Waals surface area contributed by atoms with E-state index in [0.29, 0.717) is 13.0 Å². The van der Waals surface area contributed by atoms with Crippen LogP contribution < -0.4 is 11.1 Å². The molecule has 0 bridgehead atoms. The summed E-state index contributed by atoms with van der Waals surface area (Å²) in [5.41, 5.74) is 5.42. The van der Waals surface area contributed by atoms with E-state index >= 15 is 0 Å². The van der Waals surface area contributed by atoms with Gasteiger partial charge in [-0.15, -0.1) is 0 Å². The third kappa shape index (κ3) is 6.16. The van der Waals surface area contributed by atoms with E-state index in [1.807, 2.05) is 27.7 Å². The average Bonchev–Trinajstić information content (AvgIpc) is 1.82. The number of carbonyl (C=O) groups excluding carboxylic acids is 1. The van der Waals surface area contributed by atoms with Crippen LogP contribution in [-0.2, 0) is 4.79 Å². The molecule has 0 radical (unpaired) electrons. The van der Waals surface area contributed by atoms with E-state index in [2.05, 4.69) is 5.32 Å². The van der Waals surface area contributed by atoms with Crippen LogP contribution in [0.4, 0.5) is 0 Å². The van der Waals surface area contributed by atoms with Crippen molar-refractivity contribution < 1.29 is 4.79 Å². The van der Waals surface area contributed by atoms with Gasteiger partial charge in [0, 0.05) is 19.0 Å². The quantitative estimate of drug-likeness (QED) is 0.664. The SMILES string of the molecule is CC(CN)NC(=O)CC(C)(C)C. The number of carbonyl (C=O) groups is 1. The molecule has 0 heterocycles. The van der Waals surface area contributed by atoms with Crippen LogP contribution in [0.1, 0.15) is 34.1 Å². The zero-order valence-electron chi connectivity index (χ0n) is 8.48. The summed E-state index contributed by atoms with van der Waals surface area (Å²) < 4.78 is 0. The number of rotatable bonds is 3. The van der Waals surface area contributed by atoms with Crippen LogP contribution in [0.15, 0.2) is 0 Å². The Balaban J connectivity index is 3.75. The van der Waals surface area contributed by atoms with Crippen molar-refractivity contribution in [1.82, 2.24) is 5.32 Å². The second kappa shape index (κ2) is 4.45. The topological polar surface area (TPSA) is 55.1 Å². The van der Waals surface area contributed by atoms with E-state index in [1.54, 1.807) is 0 Å². The second-order valence-electron chi connectivity index (χ2n) is 4.44. The number of hydrogen-bond donors (Lipinski definition) is 2. The molecule has 72 valence electrons. The molecule has 12 heavy (non-hydrogen) atoms. The molecule has 0 aromatic carbocycles. The van der Waals surface area contributed by atoms with Gasteiger partial charge in [-0.05, 0) is 12.3 Å². The van der Waals surface area contributed by atoms with Gasteiger partial charge in [-0.1, -0.05) is 20.8 Å². The molecule has 1 unspecified atom stereocenters. The average molecular weight is 172 g/mol. The molecule has 1 atom stereocenters. The van der Waals surface area contributed by atoms with E-state index in [4.69, 9.17) is 5.73 Å². The fourth-order valence-electron chi connectivity index (χ4n) is 0.866. The lowest BCUT2D eigenvalue weighted by atomic mass is 9.92. The van der Waals surface area contributed by atoms with E-state index in [0.717, 1.165) is 0 Å². The second-order valence-corrected chi connectivity index (χ2v) is 4.44. The summed E-state index contributed by atoms with van der Waals surface area (Å²) in [6.45, 7) is 8.52. The lowest BCUT2D eigenvalue weighted by molar-refractivity contribution is -0.123.